The van der Waals surface area contributed by atoms with Gasteiger partial charge in [-0.1, -0.05) is 55.8 Å². The Morgan fingerprint density at radius 3 is 2.44 bits per heavy atom. The van der Waals surface area contributed by atoms with E-state index < -0.39 is 0 Å². The van der Waals surface area contributed by atoms with Gasteiger partial charge in [-0.15, -0.1) is 0 Å². The van der Waals surface area contributed by atoms with Crippen LogP contribution in [0.1, 0.15) is 49.6 Å². The van der Waals surface area contributed by atoms with Crippen LogP contribution in [0.25, 0.3) is 5.69 Å². The Morgan fingerprint density at radius 2 is 1.75 bits per heavy atom. The van der Waals surface area contributed by atoms with Gasteiger partial charge in [-0.25, -0.2) is 0 Å². The summed E-state index contributed by atoms with van der Waals surface area (Å²) in [6.07, 6.45) is 4.01. The van der Waals surface area contributed by atoms with E-state index in [1.54, 1.807) is 4.90 Å². The lowest BCUT2D eigenvalue weighted by atomic mass is 9.96. The van der Waals surface area contributed by atoms with Gasteiger partial charge in [-0.05, 0) is 49.6 Å². The van der Waals surface area contributed by atoms with Crippen molar-refractivity contribution < 1.29 is 9.59 Å². The summed E-state index contributed by atoms with van der Waals surface area (Å²) < 4.78 is 2.17. The second-order valence-corrected chi connectivity index (χ2v) is 9.22. The Hall–Kier alpha value is -3.34. The molecular weight excluding hydrogens is 398 g/mol. The number of carbonyl (C=O) groups excluding carboxylic acids is 2. The van der Waals surface area contributed by atoms with E-state index in [-0.39, 0.29) is 36.4 Å². The molecule has 1 aliphatic heterocycles. The molecule has 2 aromatic carbocycles. The molecule has 0 bridgehead atoms. The molecule has 2 amide bonds. The first-order chi connectivity index (χ1) is 15.5. The van der Waals surface area contributed by atoms with Crippen LogP contribution in [0.4, 0.5) is 5.69 Å². The van der Waals surface area contributed by atoms with Gasteiger partial charge in [0.1, 0.15) is 12.6 Å². The van der Waals surface area contributed by atoms with E-state index in [4.69, 9.17) is 0 Å². The van der Waals surface area contributed by atoms with Crippen molar-refractivity contribution in [3.63, 3.8) is 0 Å². The van der Waals surface area contributed by atoms with Crippen molar-refractivity contribution in [1.29, 1.82) is 0 Å². The molecule has 32 heavy (non-hydrogen) atoms. The highest BCUT2D eigenvalue weighted by Gasteiger charge is 2.40. The van der Waals surface area contributed by atoms with Gasteiger partial charge in [0, 0.05) is 18.2 Å². The topological polar surface area (TPSA) is 45.6 Å². The third kappa shape index (κ3) is 3.52. The van der Waals surface area contributed by atoms with Gasteiger partial charge in [0.15, 0.2) is 0 Å². The van der Waals surface area contributed by atoms with E-state index in [1.807, 2.05) is 55.1 Å². The third-order valence-corrected chi connectivity index (χ3v) is 6.42. The molecule has 1 atom stereocenters. The Balaban J connectivity index is 1.60. The number of carbonyl (C=O) groups is 2. The molecule has 5 nitrogen and oxygen atoms in total. The number of anilines is 1. The number of nitrogens with zero attached hydrogens (tertiary/aromatic N) is 3. The fourth-order valence-corrected chi connectivity index (χ4v) is 4.74. The highest BCUT2D eigenvalue weighted by Crippen LogP contribution is 2.42. The number of rotatable bonds is 5. The summed E-state index contributed by atoms with van der Waals surface area (Å²) in [6.45, 7) is 5.99. The molecule has 3 aromatic rings. The van der Waals surface area contributed by atoms with Crippen LogP contribution in [-0.2, 0) is 9.59 Å². The van der Waals surface area contributed by atoms with Crippen LogP contribution in [0.15, 0.2) is 66.9 Å². The Bertz CT molecular complexity index is 1170. The molecule has 0 N–H and O–H groups in total. The largest absolute Gasteiger partial charge is 0.330 e. The number of fused-ring (bicyclic) bond motifs is 3. The summed E-state index contributed by atoms with van der Waals surface area (Å²) in [5, 5.41) is 0. The van der Waals surface area contributed by atoms with Gasteiger partial charge >= 0.3 is 0 Å². The molecule has 164 valence electrons. The minimum atomic E-state index is -0.248. The summed E-state index contributed by atoms with van der Waals surface area (Å²) >= 11 is 0. The van der Waals surface area contributed by atoms with Gasteiger partial charge in [-0.2, -0.15) is 0 Å². The zero-order valence-corrected chi connectivity index (χ0v) is 18.9. The molecule has 1 aliphatic carbocycles. The molecule has 1 saturated carbocycles. The van der Waals surface area contributed by atoms with E-state index in [0.29, 0.717) is 0 Å². The van der Waals surface area contributed by atoms with Crippen LogP contribution >= 0.6 is 0 Å². The maximum atomic E-state index is 14.0. The Labute approximate surface area is 189 Å². The van der Waals surface area contributed by atoms with E-state index in [2.05, 4.69) is 42.0 Å². The van der Waals surface area contributed by atoms with Crippen LogP contribution in [0.5, 0.6) is 0 Å². The monoisotopic (exact) mass is 427 g/mol. The van der Waals surface area contributed by atoms with Gasteiger partial charge in [0.05, 0.1) is 17.1 Å². The van der Waals surface area contributed by atoms with E-state index in [0.717, 1.165) is 41.0 Å². The molecule has 2 heterocycles. The number of amides is 2. The molecule has 0 spiro atoms. The Kier molecular flexibility index (Phi) is 5.12. The van der Waals surface area contributed by atoms with Crippen molar-refractivity contribution in [3.05, 3.63) is 83.7 Å². The number of aromatic nitrogens is 1. The average molecular weight is 428 g/mol. The van der Waals surface area contributed by atoms with Gasteiger partial charge in [0.25, 0.3) is 0 Å². The predicted molar refractivity (Wildman–Crippen MR) is 126 cm³/mol. The van der Waals surface area contributed by atoms with Crippen molar-refractivity contribution in [2.24, 2.45) is 5.92 Å². The summed E-state index contributed by atoms with van der Waals surface area (Å²) in [6, 6.07) is 20.4. The smallest absolute Gasteiger partial charge is 0.247 e. The predicted octanol–water partition coefficient (Wildman–Crippen LogP) is 4.87. The average Bonchev–Trinajstić information content (AvgIpc) is 3.51. The maximum Gasteiger partial charge on any atom is 0.247 e. The molecule has 0 saturated heterocycles. The van der Waals surface area contributed by atoms with Crippen molar-refractivity contribution in [1.82, 2.24) is 9.47 Å². The molecule has 1 unspecified atom stereocenters. The summed E-state index contributed by atoms with van der Waals surface area (Å²) in [4.78, 5) is 30.6. The van der Waals surface area contributed by atoms with Gasteiger partial charge in [0.2, 0.25) is 11.8 Å². The van der Waals surface area contributed by atoms with Crippen molar-refractivity contribution in [3.8, 4) is 5.69 Å². The number of hydrogen-bond donors (Lipinski definition) is 0. The standard InChI is InChI=1S/C27H29N3O2/c1-18(2)27(32)29(21-13-14-21)17-25(31)30-23-11-5-4-10-22(23)28-15-7-12-24(28)26(30)20-9-6-8-19(3)16-20/h4-12,15-16,18,21,26H,13-14,17H2,1-3H3. The second-order valence-electron chi connectivity index (χ2n) is 9.22. The first-order valence-corrected chi connectivity index (χ1v) is 11.4. The molecule has 5 heteroatoms. The minimum absolute atomic E-state index is 0.0442. The summed E-state index contributed by atoms with van der Waals surface area (Å²) in [5.41, 5.74) is 5.14. The van der Waals surface area contributed by atoms with E-state index in [9.17, 15) is 9.59 Å². The van der Waals surface area contributed by atoms with Gasteiger partial charge in [-0.3, -0.25) is 14.5 Å². The maximum absolute atomic E-state index is 14.0. The van der Waals surface area contributed by atoms with E-state index in [1.165, 1.54) is 0 Å². The van der Waals surface area contributed by atoms with Crippen molar-refractivity contribution in [2.45, 2.75) is 45.7 Å². The highest BCUT2D eigenvalue weighted by atomic mass is 16.2. The van der Waals surface area contributed by atoms with E-state index >= 15 is 0 Å². The van der Waals surface area contributed by atoms with Crippen LogP contribution in [0.3, 0.4) is 0 Å². The number of hydrogen-bond acceptors (Lipinski definition) is 2. The Morgan fingerprint density at radius 1 is 1.00 bits per heavy atom. The SMILES string of the molecule is Cc1cccc(C2c3cccn3-c3ccccc3N2C(=O)CN(C(=O)C(C)C)C2CC2)c1. The minimum Gasteiger partial charge on any atom is -0.330 e. The molecule has 5 rings (SSSR count). The fraction of sp³-hybridized carbons (Fsp3) is 0.333. The van der Waals surface area contributed by atoms with Crippen LogP contribution in [0, 0.1) is 12.8 Å². The third-order valence-electron chi connectivity index (χ3n) is 6.42. The summed E-state index contributed by atoms with van der Waals surface area (Å²) in [5.74, 6) is -0.110. The number of para-hydroxylation sites is 2. The molecule has 1 fully saturated rings. The van der Waals surface area contributed by atoms with Crippen LogP contribution in [-0.4, -0.2) is 33.9 Å². The molecular formula is C27H29N3O2. The molecule has 0 radical (unpaired) electrons. The lowest BCUT2D eigenvalue weighted by Gasteiger charge is -2.39. The van der Waals surface area contributed by atoms with Crippen LogP contribution in [0.2, 0.25) is 0 Å². The van der Waals surface area contributed by atoms with Gasteiger partial charge < -0.3 is 9.47 Å². The van der Waals surface area contributed by atoms with Crippen molar-refractivity contribution >= 4 is 17.5 Å². The first-order valence-electron chi connectivity index (χ1n) is 11.4. The fourth-order valence-electron chi connectivity index (χ4n) is 4.74. The number of aryl methyl sites for hydroxylation is 1. The quantitative estimate of drug-likeness (QED) is 0.583. The second kappa shape index (κ2) is 7.97. The summed E-state index contributed by atoms with van der Waals surface area (Å²) in [7, 11) is 0. The van der Waals surface area contributed by atoms with Crippen molar-refractivity contribution in [2.75, 3.05) is 11.4 Å². The lowest BCUT2D eigenvalue weighted by Crippen LogP contribution is -2.48. The number of benzene rings is 2. The zero-order chi connectivity index (χ0) is 22.4. The normalized spacial score (nSPS) is 17.1. The molecule has 1 aromatic heterocycles. The molecule has 2 aliphatic rings. The lowest BCUT2D eigenvalue weighted by molar-refractivity contribution is -0.138. The first kappa shape index (κ1) is 20.6. The highest BCUT2D eigenvalue weighted by molar-refractivity contribution is 6.00. The van der Waals surface area contributed by atoms with Crippen LogP contribution < -0.4 is 4.90 Å². The zero-order valence-electron chi connectivity index (χ0n) is 18.9.